The summed E-state index contributed by atoms with van der Waals surface area (Å²) in [6.07, 6.45) is 8.11. The second-order valence-electron chi connectivity index (χ2n) is 6.53. The zero-order chi connectivity index (χ0) is 15.0. The van der Waals surface area contributed by atoms with Crippen molar-refractivity contribution in [3.05, 3.63) is 16.4 Å². The molecule has 1 aromatic rings. The number of hydrogen-bond donors (Lipinski definition) is 2. The van der Waals surface area contributed by atoms with Gasteiger partial charge in [-0.15, -0.1) is 0 Å². The monoisotopic (exact) mass is 355 g/mol. The number of nitrogens with one attached hydrogen (secondary N) is 1. The number of hydrogen-bond acceptors (Lipinski definition) is 4. The Morgan fingerprint density at radius 3 is 2.67 bits per heavy atom. The molecule has 0 aliphatic carbocycles. The molecule has 3 unspecified atom stereocenters. The maximum atomic E-state index is 5.95. The van der Waals surface area contributed by atoms with Crippen LogP contribution in [0.4, 0.5) is 0 Å². The standard InChI is InChI=1S/C15H26BrN5/c1-3-6-21-15(13(16)9-18-21)14(19-17)10-7-11-4-5-12(8-10)20(11)2/h9-12,14,19H,3-8,17H2,1-2H3. The molecule has 0 amide bonds. The van der Waals surface area contributed by atoms with Gasteiger partial charge >= 0.3 is 0 Å². The molecule has 0 saturated carbocycles. The number of rotatable bonds is 5. The summed E-state index contributed by atoms with van der Waals surface area (Å²) in [5.41, 5.74) is 4.30. The van der Waals surface area contributed by atoms with Gasteiger partial charge < -0.3 is 4.90 Å². The molecular formula is C15H26BrN5. The van der Waals surface area contributed by atoms with Crippen molar-refractivity contribution in [2.45, 2.75) is 63.7 Å². The van der Waals surface area contributed by atoms with Gasteiger partial charge in [-0.2, -0.15) is 5.10 Å². The van der Waals surface area contributed by atoms with E-state index in [9.17, 15) is 0 Å². The van der Waals surface area contributed by atoms with Gasteiger partial charge in [-0.05, 0) is 61.0 Å². The fourth-order valence-electron chi connectivity index (χ4n) is 4.24. The molecule has 1 aromatic heterocycles. The summed E-state index contributed by atoms with van der Waals surface area (Å²) < 4.78 is 3.18. The molecule has 6 heteroatoms. The second kappa shape index (κ2) is 6.36. The minimum atomic E-state index is 0.185. The second-order valence-corrected chi connectivity index (χ2v) is 7.38. The normalized spacial score (nSPS) is 30.8. The van der Waals surface area contributed by atoms with Gasteiger partial charge in [0.2, 0.25) is 0 Å². The summed E-state index contributed by atoms with van der Waals surface area (Å²) in [5, 5.41) is 4.50. The van der Waals surface area contributed by atoms with E-state index in [2.05, 4.69) is 50.0 Å². The first-order valence-corrected chi connectivity index (χ1v) is 8.84. The molecule has 3 N–H and O–H groups in total. The number of nitrogens with zero attached hydrogens (tertiary/aromatic N) is 3. The van der Waals surface area contributed by atoms with Gasteiger partial charge in [-0.1, -0.05) is 6.92 Å². The summed E-state index contributed by atoms with van der Waals surface area (Å²) in [4.78, 5) is 2.57. The van der Waals surface area contributed by atoms with Crippen molar-refractivity contribution >= 4 is 15.9 Å². The topological polar surface area (TPSA) is 59.1 Å². The molecule has 0 spiro atoms. The minimum absolute atomic E-state index is 0.185. The van der Waals surface area contributed by atoms with Crippen molar-refractivity contribution in [3.8, 4) is 0 Å². The van der Waals surface area contributed by atoms with Crippen molar-refractivity contribution < 1.29 is 0 Å². The highest BCUT2D eigenvalue weighted by atomic mass is 79.9. The van der Waals surface area contributed by atoms with Crippen molar-refractivity contribution in [2.75, 3.05) is 7.05 Å². The minimum Gasteiger partial charge on any atom is -0.300 e. The van der Waals surface area contributed by atoms with Gasteiger partial charge in [-0.25, -0.2) is 0 Å². The molecule has 0 aromatic carbocycles. The zero-order valence-corrected chi connectivity index (χ0v) is 14.5. The number of halogens is 1. The fraction of sp³-hybridized carbons (Fsp3) is 0.800. The molecule has 2 bridgehead atoms. The van der Waals surface area contributed by atoms with Crippen LogP contribution >= 0.6 is 15.9 Å². The van der Waals surface area contributed by atoms with Crippen LogP contribution in [0, 0.1) is 5.92 Å². The summed E-state index contributed by atoms with van der Waals surface area (Å²) >= 11 is 3.66. The van der Waals surface area contributed by atoms with E-state index in [0.29, 0.717) is 5.92 Å². The van der Waals surface area contributed by atoms with Gasteiger partial charge in [0.05, 0.1) is 22.4 Å². The summed E-state index contributed by atoms with van der Waals surface area (Å²) in [6, 6.07) is 1.64. The predicted octanol–water partition coefficient (Wildman–Crippen LogP) is 2.43. The van der Waals surface area contributed by atoms with Crippen LogP contribution < -0.4 is 11.3 Å². The number of piperidine rings is 1. The summed E-state index contributed by atoms with van der Waals surface area (Å²) in [5.74, 6) is 6.54. The van der Waals surface area contributed by atoms with Crippen LogP contribution in [0.2, 0.25) is 0 Å². The lowest BCUT2D eigenvalue weighted by Gasteiger charge is -2.39. The van der Waals surface area contributed by atoms with E-state index in [1.54, 1.807) is 0 Å². The van der Waals surface area contributed by atoms with E-state index in [0.717, 1.165) is 29.5 Å². The van der Waals surface area contributed by atoms with Gasteiger partial charge in [0.25, 0.3) is 0 Å². The molecule has 21 heavy (non-hydrogen) atoms. The average molecular weight is 356 g/mol. The molecule has 2 aliphatic heterocycles. The third-order valence-electron chi connectivity index (χ3n) is 5.35. The van der Waals surface area contributed by atoms with Crippen molar-refractivity contribution in [2.24, 2.45) is 11.8 Å². The van der Waals surface area contributed by atoms with E-state index >= 15 is 0 Å². The Morgan fingerprint density at radius 2 is 2.10 bits per heavy atom. The predicted molar refractivity (Wildman–Crippen MR) is 87.6 cm³/mol. The third kappa shape index (κ3) is 2.79. The van der Waals surface area contributed by atoms with Crippen LogP contribution in [0.1, 0.15) is 50.8 Å². The van der Waals surface area contributed by atoms with Crippen LogP contribution in [-0.2, 0) is 6.54 Å². The van der Waals surface area contributed by atoms with Crippen LogP contribution in [0.15, 0.2) is 10.7 Å². The summed E-state index contributed by atoms with van der Waals surface area (Å²) in [7, 11) is 2.28. The Kier molecular flexibility index (Phi) is 4.69. The molecule has 3 rings (SSSR count). The van der Waals surface area contributed by atoms with E-state index < -0.39 is 0 Å². The highest BCUT2D eigenvalue weighted by Gasteiger charge is 2.42. The maximum Gasteiger partial charge on any atom is 0.0712 e. The Morgan fingerprint density at radius 1 is 1.43 bits per heavy atom. The molecule has 2 aliphatic rings. The van der Waals surface area contributed by atoms with Crippen molar-refractivity contribution in [3.63, 3.8) is 0 Å². The van der Waals surface area contributed by atoms with Crippen molar-refractivity contribution in [1.29, 1.82) is 0 Å². The number of hydrazine groups is 1. The first-order valence-electron chi connectivity index (χ1n) is 8.05. The van der Waals surface area contributed by atoms with Gasteiger partial charge in [0.1, 0.15) is 0 Å². The van der Waals surface area contributed by atoms with Crippen molar-refractivity contribution in [1.82, 2.24) is 20.1 Å². The zero-order valence-electron chi connectivity index (χ0n) is 12.9. The molecule has 118 valence electrons. The van der Waals surface area contributed by atoms with E-state index in [4.69, 9.17) is 5.84 Å². The first-order chi connectivity index (χ1) is 10.2. The lowest BCUT2D eigenvalue weighted by molar-refractivity contribution is 0.110. The maximum absolute atomic E-state index is 5.95. The number of fused-ring (bicyclic) bond motifs is 2. The van der Waals surface area contributed by atoms with Crippen LogP contribution in [-0.4, -0.2) is 33.8 Å². The highest BCUT2D eigenvalue weighted by Crippen LogP contribution is 2.43. The lowest BCUT2D eigenvalue weighted by Crippen LogP contribution is -2.45. The lowest BCUT2D eigenvalue weighted by atomic mass is 9.84. The summed E-state index contributed by atoms with van der Waals surface area (Å²) in [6.45, 7) is 3.12. The molecular weight excluding hydrogens is 330 g/mol. The Bertz CT molecular complexity index is 474. The first kappa shape index (κ1) is 15.5. The van der Waals surface area contributed by atoms with Crippen LogP contribution in [0.3, 0.4) is 0 Å². The Hall–Kier alpha value is -0.430. The number of aromatic nitrogens is 2. The molecule has 3 atom stereocenters. The smallest absolute Gasteiger partial charge is 0.0712 e. The van der Waals surface area contributed by atoms with E-state index in [-0.39, 0.29) is 6.04 Å². The molecule has 2 saturated heterocycles. The fourth-order valence-corrected chi connectivity index (χ4v) is 4.78. The van der Waals surface area contributed by atoms with E-state index in [1.807, 2.05) is 6.20 Å². The number of aryl methyl sites for hydroxylation is 1. The SMILES string of the molecule is CCCn1ncc(Br)c1C(NN)C1CC2CCC(C1)N2C. The largest absolute Gasteiger partial charge is 0.300 e. The van der Waals surface area contributed by atoms with Gasteiger partial charge in [-0.3, -0.25) is 16.0 Å². The molecule has 5 nitrogen and oxygen atoms in total. The van der Waals surface area contributed by atoms with Gasteiger partial charge in [0.15, 0.2) is 0 Å². The Labute approximate surface area is 135 Å². The number of nitrogens with two attached hydrogens (primary N) is 1. The van der Waals surface area contributed by atoms with Crippen LogP contribution in [0.5, 0.6) is 0 Å². The Balaban J connectivity index is 1.84. The molecule has 3 heterocycles. The van der Waals surface area contributed by atoms with Crippen LogP contribution in [0.25, 0.3) is 0 Å². The van der Waals surface area contributed by atoms with E-state index in [1.165, 1.54) is 31.4 Å². The molecule has 2 fully saturated rings. The highest BCUT2D eigenvalue weighted by molar-refractivity contribution is 9.10. The third-order valence-corrected chi connectivity index (χ3v) is 5.96. The quantitative estimate of drug-likeness (QED) is 0.629. The van der Waals surface area contributed by atoms with Gasteiger partial charge in [0, 0.05) is 18.6 Å². The average Bonchev–Trinajstić information content (AvgIpc) is 2.90. The molecule has 0 radical (unpaired) electrons.